The van der Waals surface area contributed by atoms with Crippen LogP contribution in [0.4, 0.5) is 4.39 Å². The van der Waals surface area contributed by atoms with Gasteiger partial charge in [-0.25, -0.2) is 17.5 Å². The van der Waals surface area contributed by atoms with Crippen molar-refractivity contribution >= 4 is 21.6 Å². The molecule has 1 aliphatic rings. The Labute approximate surface area is 123 Å². The third kappa shape index (κ3) is 3.14. The van der Waals surface area contributed by atoms with Gasteiger partial charge in [-0.3, -0.25) is 0 Å². The Kier molecular flexibility index (Phi) is 4.69. The topological polar surface area (TPSA) is 66.4 Å². The first-order valence-corrected chi connectivity index (χ1v) is 8.32. The fraction of sp³-hybridized carbons (Fsp3) is 0.538. The monoisotopic (exact) mass is 321 g/mol. The lowest BCUT2D eigenvalue weighted by Crippen LogP contribution is -2.36. The summed E-state index contributed by atoms with van der Waals surface area (Å²) in [5.41, 5.74) is 0.0616. The maximum atomic E-state index is 13.6. The molecule has 0 aromatic heterocycles. The van der Waals surface area contributed by atoms with Gasteiger partial charge in [0.25, 0.3) is 0 Å². The molecule has 0 aliphatic heterocycles. The van der Waals surface area contributed by atoms with E-state index in [0.717, 1.165) is 25.3 Å². The molecule has 1 aromatic carbocycles. The largest absolute Gasteiger partial charge is 0.392 e. The summed E-state index contributed by atoms with van der Waals surface area (Å²) in [7, 11) is -3.81. The molecule has 4 nitrogen and oxygen atoms in total. The number of halogens is 2. The van der Waals surface area contributed by atoms with Crippen molar-refractivity contribution in [3.8, 4) is 0 Å². The van der Waals surface area contributed by atoms with Crippen molar-refractivity contribution in [3.05, 3.63) is 28.5 Å². The van der Waals surface area contributed by atoms with Crippen molar-refractivity contribution in [1.82, 2.24) is 4.72 Å². The lowest BCUT2D eigenvalue weighted by atomic mass is 10.1. The van der Waals surface area contributed by atoms with E-state index in [1.807, 2.05) is 6.92 Å². The molecule has 0 saturated heterocycles. The van der Waals surface area contributed by atoms with Gasteiger partial charge in [-0.1, -0.05) is 24.9 Å². The van der Waals surface area contributed by atoms with Gasteiger partial charge in [0.15, 0.2) is 0 Å². The number of aliphatic hydroxyl groups excluding tert-OH is 1. The van der Waals surface area contributed by atoms with Gasteiger partial charge in [-0.15, -0.1) is 0 Å². The van der Waals surface area contributed by atoms with Crippen LogP contribution in [0.25, 0.3) is 0 Å². The molecular formula is C13H17ClFNO3S. The van der Waals surface area contributed by atoms with E-state index in [0.29, 0.717) is 0 Å². The smallest absolute Gasteiger partial charge is 0.240 e. The first kappa shape index (κ1) is 15.7. The molecular weight excluding hydrogens is 305 g/mol. The van der Waals surface area contributed by atoms with Crippen LogP contribution in [0.5, 0.6) is 0 Å². The van der Waals surface area contributed by atoms with Crippen LogP contribution < -0.4 is 4.72 Å². The second kappa shape index (κ2) is 5.97. The van der Waals surface area contributed by atoms with E-state index in [-0.39, 0.29) is 27.4 Å². The van der Waals surface area contributed by atoms with Crippen LogP contribution in [0, 0.1) is 11.7 Å². The summed E-state index contributed by atoms with van der Waals surface area (Å²) in [6.07, 6.45) is 2.73. The average Bonchev–Trinajstić information content (AvgIpc) is 2.77. The Bertz CT molecular complexity index is 606. The Hall–Kier alpha value is -0.690. The molecule has 1 saturated carbocycles. The highest BCUT2D eigenvalue weighted by Gasteiger charge is 2.29. The van der Waals surface area contributed by atoms with Crippen LogP contribution in [-0.2, 0) is 16.6 Å². The maximum Gasteiger partial charge on any atom is 0.240 e. The zero-order valence-corrected chi connectivity index (χ0v) is 12.6. The van der Waals surface area contributed by atoms with Crippen LogP contribution in [0.15, 0.2) is 17.0 Å². The molecule has 0 spiro atoms. The molecule has 0 radical (unpaired) electrons. The minimum absolute atomic E-state index is 0.0616. The zero-order valence-electron chi connectivity index (χ0n) is 11.1. The number of hydrogen-bond acceptors (Lipinski definition) is 3. The first-order valence-electron chi connectivity index (χ1n) is 6.46. The summed E-state index contributed by atoms with van der Waals surface area (Å²) < 4.78 is 40.7. The molecule has 1 aromatic rings. The number of nitrogens with one attached hydrogen (secondary N) is 1. The van der Waals surface area contributed by atoms with Gasteiger partial charge in [-0.05, 0) is 30.9 Å². The predicted molar refractivity (Wildman–Crippen MR) is 74.5 cm³/mol. The van der Waals surface area contributed by atoms with E-state index < -0.39 is 22.4 Å². The molecule has 20 heavy (non-hydrogen) atoms. The summed E-state index contributed by atoms with van der Waals surface area (Å²) in [5, 5.41) is 8.84. The van der Waals surface area contributed by atoms with Crippen LogP contribution in [0.1, 0.15) is 31.7 Å². The summed E-state index contributed by atoms with van der Waals surface area (Å²) >= 11 is 5.66. The van der Waals surface area contributed by atoms with Crippen molar-refractivity contribution in [1.29, 1.82) is 0 Å². The van der Waals surface area contributed by atoms with E-state index in [1.54, 1.807) is 0 Å². The summed E-state index contributed by atoms with van der Waals surface area (Å²) in [5.74, 6) is -0.586. The molecule has 7 heteroatoms. The number of sulfonamides is 1. The maximum absolute atomic E-state index is 13.6. The molecule has 1 aliphatic carbocycles. The summed E-state index contributed by atoms with van der Waals surface area (Å²) in [6, 6.07) is 1.95. The molecule has 0 heterocycles. The number of rotatable bonds is 4. The third-order valence-corrected chi connectivity index (χ3v) is 5.62. The van der Waals surface area contributed by atoms with Crippen molar-refractivity contribution in [2.75, 3.05) is 0 Å². The van der Waals surface area contributed by atoms with E-state index in [1.165, 1.54) is 6.07 Å². The second-order valence-electron chi connectivity index (χ2n) is 5.17. The van der Waals surface area contributed by atoms with Crippen LogP contribution in [0.3, 0.4) is 0 Å². The fourth-order valence-electron chi connectivity index (χ4n) is 2.48. The minimum Gasteiger partial charge on any atom is -0.392 e. The lowest BCUT2D eigenvalue weighted by molar-refractivity contribution is 0.281. The average molecular weight is 322 g/mol. The van der Waals surface area contributed by atoms with Gasteiger partial charge in [-0.2, -0.15) is 0 Å². The Morgan fingerprint density at radius 3 is 2.70 bits per heavy atom. The number of aliphatic hydroxyl groups is 1. The first-order chi connectivity index (χ1) is 9.35. The highest BCUT2D eigenvalue weighted by atomic mass is 35.5. The third-order valence-electron chi connectivity index (χ3n) is 3.73. The van der Waals surface area contributed by atoms with Crippen LogP contribution in [0.2, 0.25) is 5.02 Å². The Morgan fingerprint density at radius 1 is 1.45 bits per heavy atom. The standard InChI is InChI=1S/C13H17ClFNO3S/c1-8-3-2-4-12(8)16-20(18,19)10-5-9(7-17)13(14)11(15)6-10/h5-6,8,12,16-17H,2-4,7H2,1H3. The molecule has 0 amide bonds. The number of hydrogen-bond donors (Lipinski definition) is 2. The van der Waals surface area contributed by atoms with Gasteiger partial charge >= 0.3 is 0 Å². The van der Waals surface area contributed by atoms with E-state index >= 15 is 0 Å². The van der Waals surface area contributed by atoms with Crippen LogP contribution >= 0.6 is 11.6 Å². The van der Waals surface area contributed by atoms with Crippen molar-refractivity contribution < 1.29 is 17.9 Å². The van der Waals surface area contributed by atoms with Crippen molar-refractivity contribution in [3.63, 3.8) is 0 Å². The normalized spacial score (nSPS) is 23.2. The fourth-order valence-corrected chi connectivity index (χ4v) is 4.09. The summed E-state index contributed by atoms with van der Waals surface area (Å²) in [6.45, 7) is 1.47. The molecule has 112 valence electrons. The van der Waals surface area contributed by atoms with E-state index in [2.05, 4.69) is 4.72 Å². The van der Waals surface area contributed by atoms with Gasteiger partial charge in [0.2, 0.25) is 10.0 Å². The van der Waals surface area contributed by atoms with Crippen molar-refractivity contribution in [2.24, 2.45) is 5.92 Å². The lowest BCUT2D eigenvalue weighted by Gasteiger charge is -2.18. The quantitative estimate of drug-likeness (QED) is 0.895. The molecule has 2 rings (SSSR count). The molecule has 0 bridgehead atoms. The predicted octanol–water partition coefficient (Wildman–Crippen LogP) is 2.44. The number of benzene rings is 1. The zero-order chi connectivity index (χ0) is 14.9. The highest BCUT2D eigenvalue weighted by Crippen LogP contribution is 2.28. The minimum atomic E-state index is -3.81. The highest BCUT2D eigenvalue weighted by molar-refractivity contribution is 7.89. The van der Waals surface area contributed by atoms with Gasteiger partial charge in [0.05, 0.1) is 16.5 Å². The van der Waals surface area contributed by atoms with E-state index in [4.69, 9.17) is 16.7 Å². The SMILES string of the molecule is CC1CCCC1NS(=O)(=O)c1cc(F)c(Cl)c(CO)c1. The van der Waals surface area contributed by atoms with Gasteiger partial charge in [0, 0.05) is 11.6 Å². The van der Waals surface area contributed by atoms with Crippen LogP contribution in [-0.4, -0.2) is 19.6 Å². The summed E-state index contributed by atoms with van der Waals surface area (Å²) in [4.78, 5) is -0.206. The van der Waals surface area contributed by atoms with Gasteiger partial charge in [0.1, 0.15) is 5.82 Å². The molecule has 1 fully saturated rings. The molecule has 2 N–H and O–H groups in total. The van der Waals surface area contributed by atoms with E-state index in [9.17, 15) is 12.8 Å². The Balaban J connectivity index is 2.32. The van der Waals surface area contributed by atoms with Crippen molar-refractivity contribution in [2.45, 2.75) is 43.7 Å². The second-order valence-corrected chi connectivity index (χ2v) is 7.26. The molecule has 2 atom stereocenters. The van der Waals surface area contributed by atoms with Gasteiger partial charge < -0.3 is 5.11 Å². The molecule has 2 unspecified atom stereocenters. The Morgan fingerprint density at radius 2 is 2.15 bits per heavy atom.